The van der Waals surface area contributed by atoms with Gasteiger partial charge in [-0.3, -0.25) is 14.5 Å². The quantitative estimate of drug-likeness (QED) is 0.548. The van der Waals surface area contributed by atoms with Crippen LogP contribution in [0.1, 0.15) is 21.6 Å². The van der Waals surface area contributed by atoms with Gasteiger partial charge in [0.15, 0.2) is 0 Å². The van der Waals surface area contributed by atoms with E-state index in [1.165, 1.54) is 0 Å². The Bertz CT molecular complexity index is 1230. The minimum absolute atomic E-state index is 0.109. The van der Waals surface area contributed by atoms with Gasteiger partial charge in [-0.1, -0.05) is 30.3 Å². The second-order valence-corrected chi connectivity index (χ2v) is 6.98. The molecular weight excluding hydrogens is 355 g/mol. The van der Waals surface area contributed by atoms with Crippen LogP contribution in [0.4, 0.5) is 4.39 Å². The summed E-state index contributed by atoms with van der Waals surface area (Å²) in [6.07, 6.45) is 3.56. The highest BCUT2D eigenvalue weighted by Gasteiger charge is 2.29. The Labute approximate surface area is 161 Å². The van der Waals surface area contributed by atoms with Crippen LogP contribution in [0.5, 0.6) is 0 Å². The Morgan fingerprint density at radius 1 is 1.04 bits per heavy atom. The van der Waals surface area contributed by atoms with Gasteiger partial charge in [-0.05, 0) is 23.8 Å². The Hall–Kier alpha value is -3.54. The molecule has 0 unspecified atom stereocenters. The molecule has 0 aliphatic carbocycles. The number of nitrogens with zero attached hydrogens (tertiary/aromatic N) is 4. The van der Waals surface area contributed by atoms with Gasteiger partial charge in [0.2, 0.25) is 0 Å². The topological polar surface area (TPSA) is 51.0 Å². The van der Waals surface area contributed by atoms with Gasteiger partial charge in [0, 0.05) is 42.5 Å². The van der Waals surface area contributed by atoms with E-state index >= 15 is 4.39 Å². The molecule has 0 atom stereocenters. The summed E-state index contributed by atoms with van der Waals surface area (Å²) < 4.78 is 17.1. The maximum atomic E-state index is 15.4. The molecule has 2 aromatic heterocycles. The number of pyridine rings is 1. The largest absolute Gasteiger partial charge is 0.328 e. The summed E-state index contributed by atoms with van der Waals surface area (Å²) in [5.41, 5.74) is 3.95. The average molecular weight is 372 g/mol. The molecular formula is C22H17FN4O. The highest BCUT2D eigenvalue weighted by atomic mass is 19.1. The third-order valence-corrected chi connectivity index (χ3v) is 5.14. The third-order valence-electron chi connectivity index (χ3n) is 5.14. The number of aryl methyl sites for hydroxylation is 1. The monoisotopic (exact) mass is 372 g/mol. The Kier molecular flexibility index (Phi) is 3.72. The summed E-state index contributed by atoms with van der Waals surface area (Å²) in [6, 6.07) is 14.5. The zero-order chi connectivity index (χ0) is 19.3. The van der Waals surface area contributed by atoms with E-state index in [1.807, 2.05) is 37.5 Å². The van der Waals surface area contributed by atoms with Gasteiger partial charge in [0.1, 0.15) is 5.82 Å². The molecule has 2 aromatic carbocycles. The number of fused-ring (bicyclic) bond motifs is 2. The summed E-state index contributed by atoms with van der Waals surface area (Å²) >= 11 is 0. The van der Waals surface area contributed by atoms with E-state index in [0.717, 1.165) is 22.2 Å². The first-order valence-electron chi connectivity index (χ1n) is 9.05. The summed E-state index contributed by atoms with van der Waals surface area (Å²) in [4.78, 5) is 18.5. The number of benzene rings is 2. The van der Waals surface area contributed by atoms with Gasteiger partial charge in [-0.2, -0.15) is 5.10 Å². The van der Waals surface area contributed by atoms with E-state index in [2.05, 4.69) is 10.1 Å². The van der Waals surface area contributed by atoms with Crippen LogP contribution in [-0.4, -0.2) is 25.6 Å². The van der Waals surface area contributed by atoms with Crippen LogP contribution in [0, 0.1) is 5.82 Å². The van der Waals surface area contributed by atoms with Crippen LogP contribution in [0.25, 0.3) is 22.0 Å². The molecule has 6 heteroatoms. The van der Waals surface area contributed by atoms with E-state index in [0.29, 0.717) is 23.2 Å². The van der Waals surface area contributed by atoms with Crippen molar-refractivity contribution in [3.63, 3.8) is 0 Å². The van der Waals surface area contributed by atoms with Crippen molar-refractivity contribution in [2.45, 2.75) is 13.1 Å². The summed E-state index contributed by atoms with van der Waals surface area (Å²) in [5.74, 6) is -0.419. The normalized spacial score (nSPS) is 13.4. The van der Waals surface area contributed by atoms with E-state index in [-0.39, 0.29) is 18.3 Å². The number of amides is 1. The molecule has 0 radical (unpaired) electrons. The smallest absolute Gasteiger partial charge is 0.256 e. The van der Waals surface area contributed by atoms with Crippen molar-refractivity contribution >= 4 is 16.8 Å². The SMILES string of the molecule is Cn1cc2c(-c3cccc(CN4Cc5ncccc5C4=O)c3F)cccc2n1. The van der Waals surface area contributed by atoms with Crippen LogP contribution in [0.2, 0.25) is 0 Å². The van der Waals surface area contributed by atoms with E-state index < -0.39 is 0 Å². The van der Waals surface area contributed by atoms with Gasteiger partial charge >= 0.3 is 0 Å². The lowest BCUT2D eigenvalue weighted by atomic mass is 9.99. The molecule has 0 bridgehead atoms. The third kappa shape index (κ3) is 2.57. The van der Waals surface area contributed by atoms with E-state index in [1.54, 1.807) is 40.0 Å². The van der Waals surface area contributed by atoms with Gasteiger partial charge < -0.3 is 4.90 Å². The number of hydrogen-bond donors (Lipinski definition) is 0. The predicted molar refractivity (Wildman–Crippen MR) is 104 cm³/mol. The van der Waals surface area contributed by atoms with Crippen LogP contribution in [-0.2, 0) is 20.1 Å². The minimum Gasteiger partial charge on any atom is -0.328 e. The summed E-state index contributed by atoms with van der Waals surface area (Å²) in [5, 5.41) is 5.30. The molecule has 4 aromatic rings. The Balaban J connectivity index is 1.53. The second-order valence-electron chi connectivity index (χ2n) is 6.98. The van der Waals surface area contributed by atoms with Crippen LogP contribution in [0.15, 0.2) is 60.9 Å². The number of aromatic nitrogens is 3. The van der Waals surface area contributed by atoms with Gasteiger partial charge in [-0.15, -0.1) is 0 Å². The van der Waals surface area contributed by atoms with E-state index in [9.17, 15) is 4.79 Å². The zero-order valence-corrected chi connectivity index (χ0v) is 15.3. The Morgan fingerprint density at radius 2 is 1.82 bits per heavy atom. The Morgan fingerprint density at radius 3 is 2.68 bits per heavy atom. The minimum atomic E-state index is -0.310. The first-order chi connectivity index (χ1) is 13.6. The first-order valence-corrected chi connectivity index (χ1v) is 9.05. The van der Waals surface area contributed by atoms with Crippen molar-refractivity contribution in [3.8, 4) is 11.1 Å². The van der Waals surface area contributed by atoms with Crippen molar-refractivity contribution in [1.82, 2.24) is 19.7 Å². The van der Waals surface area contributed by atoms with Crippen LogP contribution >= 0.6 is 0 Å². The number of rotatable bonds is 3. The molecule has 0 spiro atoms. The molecule has 1 aliphatic rings. The first kappa shape index (κ1) is 16.6. The fourth-order valence-corrected chi connectivity index (χ4v) is 3.82. The second kappa shape index (κ2) is 6.27. The molecule has 0 saturated carbocycles. The summed E-state index contributed by atoms with van der Waals surface area (Å²) in [7, 11) is 1.85. The van der Waals surface area contributed by atoms with E-state index in [4.69, 9.17) is 0 Å². The van der Waals surface area contributed by atoms with Crippen LogP contribution < -0.4 is 0 Å². The molecule has 1 amide bonds. The van der Waals surface area contributed by atoms with Crippen molar-refractivity contribution in [3.05, 3.63) is 83.6 Å². The molecule has 1 aliphatic heterocycles. The number of carbonyl (C=O) groups excluding carboxylic acids is 1. The predicted octanol–water partition coefficient (Wildman–Crippen LogP) is 3.93. The summed E-state index contributed by atoms with van der Waals surface area (Å²) in [6.45, 7) is 0.606. The number of carbonyl (C=O) groups is 1. The maximum absolute atomic E-state index is 15.4. The molecule has 3 heterocycles. The van der Waals surface area contributed by atoms with Gasteiger partial charge in [0.25, 0.3) is 5.91 Å². The molecule has 0 N–H and O–H groups in total. The van der Waals surface area contributed by atoms with Crippen molar-refractivity contribution < 1.29 is 9.18 Å². The van der Waals surface area contributed by atoms with Crippen molar-refractivity contribution in [2.75, 3.05) is 0 Å². The van der Waals surface area contributed by atoms with Gasteiger partial charge in [-0.25, -0.2) is 4.39 Å². The molecule has 0 saturated heterocycles. The fraction of sp³-hybridized carbons (Fsp3) is 0.136. The number of halogens is 1. The standard InChI is InChI=1S/C22H17FN4O/c1-26-12-18-15(6-3-9-19(18)25-26)16-7-2-5-14(21(16)23)11-27-13-20-17(22(27)28)8-4-10-24-20/h2-10,12H,11,13H2,1H3. The van der Waals surface area contributed by atoms with Crippen LogP contribution in [0.3, 0.4) is 0 Å². The zero-order valence-electron chi connectivity index (χ0n) is 15.3. The lowest BCUT2D eigenvalue weighted by molar-refractivity contribution is 0.0765. The lowest BCUT2D eigenvalue weighted by Crippen LogP contribution is -2.23. The fourth-order valence-electron chi connectivity index (χ4n) is 3.82. The number of hydrogen-bond acceptors (Lipinski definition) is 3. The highest BCUT2D eigenvalue weighted by molar-refractivity contribution is 5.98. The molecule has 138 valence electrons. The maximum Gasteiger partial charge on any atom is 0.256 e. The highest BCUT2D eigenvalue weighted by Crippen LogP contribution is 2.32. The average Bonchev–Trinajstić information content (AvgIpc) is 3.23. The van der Waals surface area contributed by atoms with Crippen molar-refractivity contribution in [1.29, 1.82) is 0 Å². The molecule has 28 heavy (non-hydrogen) atoms. The van der Waals surface area contributed by atoms with Crippen molar-refractivity contribution in [2.24, 2.45) is 7.05 Å². The van der Waals surface area contributed by atoms with Gasteiger partial charge in [0.05, 0.1) is 23.3 Å². The lowest BCUT2D eigenvalue weighted by Gasteiger charge is -2.17. The molecule has 5 nitrogen and oxygen atoms in total. The molecule has 5 rings (SSSR count). The molecule has 0 fully saturated rings.